The van der Waals surface area contributed by atoms with Gasteiger partial charge in [0.25, 0.3) is 5.89 Å². The predicted molar refractivity (Wildman–Crippen MR) is 64.4 cm³/mol. The molecule has 0 aromatic carbocycles. The van der Waals surface area contributed by atoms with E-state index in [1.54, 1.807) is 0 Å². The van der Waals surface area contributed by atoms with Crippen LogP contribution in [-0.4, -0.2) is 15.1 Å². The summed E-state index contributed by atoms with van der Waals surface area (Å²) in [5, 5.41) is 6.77. The molecule has 0 bridgehead atoms. The molecule has 2 heterocycles. The van der Waals surface area contributed by atoms with E-state index in [0.717, 1.165) is 28.9 Å². The van der Waals surface area contributed by atoms with E-state index >= 15 is 0 Å². The molecule has 1 atom stereocenters. The number of hydrogen-bond donors (Lipinski definition) is 1. The van der Waals surface area contributed by atoms with Gasteiger partial charge < -0.3 is 10.3 Å². The number of aromatic nitrogens is 3. The molecule has 0 radical (unpaired) electrons. The Morgan fingerprint density at radius 1 is 1.53 bits per heavy atom. The normalized spacial score (nSPS) is 17.3. The highest BCUT2D eigenvalue weighted by molar-refractivity contribution is 7.10. The first-order valence-corrected chi connectivity index (χ1v) is 6.64. The Bertz CT molecular complexity index is 515. The van der Waals surface area contributed by atoms with Crippen LogP contribution in [0.3, 0.4) is 0 Å². The lowest BCUT2D eigenvalue weighted by atomic mass is 10.3. The maximum absolute atomic E-state index is 5.77. The van der Waals surface area contributed by atoms with Gasteiger partial charge in [0, 0.05) is 11.8 Å². The van der Waals surface area contributed by atoms with Gasteiger partial charge in [0.15, 0.2) is 5.82 Å². The van der Waals surface area contributed by atoms with Gasteiger partial charge in [-0.1, -0.05) is 5.16 Å². The van der Waals surface area contributed by atoms with Crippen LogP contribution in [0.2, 0.25) is 0 Å². The Labute approximate surface area is 103 Å². The fourth-order valence-corrected chi connectivity index (χ4v) is 2.37. The molecular weight excluding hydrogens is 236 g/mol. The number of nitrogens with zero attached hydrogens (tertiary/aromatic N) is 3. The molecule has 6 heteroatoms. The summed E-state index contributed by atoms with van der Waals surface area (Å²) in [5.74, 6) is 2.05. The Morgan fingerprint density at radius 3 is 3.00 bits per heavy atom. The summed E-state index contributed by atoms with van der Waals surface area (Å²) in [6.45, 7) is 1.91. The van der Waals surface area contributed by atoms with Crippen LogP contribution in [0.5, 0.6) is 0 Å². The molecule has 1 aliphatic carbocycles. The van der Waals surface area contributed by atoms with E-state index in [0.29, 0.717) is 5.89 Å². The maximum atomic E-state index is 5.77. The maximum Gasteiger partial charge on any atom is 0.277 e. The van der Waals surface area contributed by atoms with Crippen molar-refractivity contribution in [2.45, 2.75) is 32.2 Å². The van der Waals surface area contributed by atoms with Gasteiger partial charge in [-0.05, 0) is 25.7 Å². The molecule has 2 N–H and O–H groups in total. The Morgan fingerprint density at radius 2 is 2.35 bits per heavy atom. The first-order chi connectivity index (χ1) is 8.22. The highest BCUT2D eigenvalue weighted by Gasteiger charge is 2.24. The van der Waals surface area contributed by atoms with E-state index in [-0.39, 0.29) is 6.04 Å². The third kappa shape index (κ3) is 2.37. The minimum Gasteiger partial charge on any atom is -0.332 e. The quantitative estimate of drug-likeness (QED) is 0.899. The average molecular weight is 250 g/mol. The van der Waals surface area contributed by atoms with Gasteiger partial charge >= 0.3 is 0 Å². The molecule has 1 aliphatic rings. The lowest BCUT2D eigenvalue weighted by Gasteiger charge is -1.95. The van der Waals surface area contributed by atoms with Crippen LogP contribution in [-0.2, 0) is 6.42 Å². The average Bonchev–Trinajstić information content (AvgIpc) is 2.82. The molecule has 2 aromatic heterocycles. The predicted octanol–water partition coefficient (Wildman–Crippen LogP) is 2.17. The molecule has 90 valence electrons. The molecule has 0 amide bonds. The van der Waals surface area contributed by atoms with Crippen molar-refractivity contribution in [3.05, 3.63) is 16.2 Å². The van der Waals surface area contributed by atoms with Crippen LogP contribution in [0.25, 0.3) is 11.6 Å². The van der Waals surface area contributed by atoms with Crippen LogP contribution in [0.15, 0.2) is 9.90 Å². The van der Waals surface area contributed by atoms with Crippen LogP contribution in [0.4, 0.5) is 0 Å². The summed E-state index contributed by atoms with van der Waals surface area (Å²) >= 11 is 1.52. The molecule has 1 unspecified atom stereocenters. The third-order valence-electron chi connectivity index (χ3n) is 2.77. The number of hydrogen-bond acceptors (Lipinski definition) is 6. The van der Waals surface area contributed by atoms with Gasteiger partial charge in [-0.25, -0.2) is 4.98 Å². The van der Waals surface area contributed by atoms with Crippen molar-refractivity contribution in [3.8, 4) is 11.6 Å². The van der Waals surface area contributed by atoms with Gasteiger partial charge in [0.1, 0.15) is 10.7 Å². The summed E-state index contributed by atoms with van der Waals surface area (Å²) in [4.78, 5) is 8.74. The molecule has 0 saturated heterocycles. The number of thiazole rings is 1. The Hall–Kier alpha value is -1.27. The summed E-state index contributed by atoms with van der Waals surface area (Å²) < 4.78 is 5.21. The lowest BCUT2D eigenvalue weighted by molar-refractivity contribution is 0.420. The van der Waals surface area contributed by atoms with Crippen molar-refractivity contribution in [2.24, 2.45) is 11.7 Å². The zero-order valence-electron chi connectivity index (χ0n) is 9.59. The van der Waals surface area contributed by atoms with E-state index in [1.165, 1.54) is 24.2 Å². The topological polar surface area (TPSA) is 77.8 Å². The molecule has 3 rings (SSSR count). The van der Waals surface area contributed by atoms with E-state index in [1.807, 2.05) is 12.3 Å². The van der Waals surface area contributed by atoms with E-state index < -0.39 is 0 Å². The van der Waals surface area contributed by atoms with Crippen molar-refractivity contribution in [2.75, 3.05) is 0 Å². The van der Waals surface area contributed by atoms with Crippen molar-refractivity contribution >= 4 is 11.3 Å². The van der Waals surface area contributed by atoms with Crippen LogP contribution >= 0.6 is 11.3 Å². The molecular formula is C11H14N4OS. The lowest BCUT2D eigenvalue weighted by Crippen LogP contribution is -2.03. The van der Waals surface area contributed by atoms with Crippen molar-refractivity contribution < 1.29 is 4.52 Å². The minimum absolute atomic E-state index is 0.0531. The van der Waals surface area contributed by atoms with Crippen molar-refractivity contribution in [1.29, 1.82) is 0 Å². The fourth-order valence-electron chi connectivity index (χ4n) is 1.62. The molecule has 1 fully saturated rings. The van der Waals surface area contributed by atoms with Gasteiger partial charge in [-0.2, -0.15) is 4.98 Å². The summed E-state index contributed by atoms with van der Waals surface area (Å²) in [5.41, 5.74) is 6.50. The standard InChI is InChI=1S/C11H14N4OS/c1-6(12)11-13-8(5-17-11)10-14-9(15-16-10)4-7-2-3-7/h5-7H,2-4,12H2,1H3. The molecule has 5 nitrogen and oxygen atoms in total. The second kappa shape index (κ2) is 4.19. The highest BCUT2D eigenvalue weighted by atomic mass is 32.1. The molecule has 17 heavy (non-hydrogen) atoms. The highest BCUT2D eigenvalue weighted by Crippen LogP contribution is 2.32. The van der Waals surface area contributed by atoms with E-state index in [4.69, 9.17) is 10.3 Å². The first-order valence-electron chi connectivity index (χ1n) is 5.76. The minimum atomic E-state index is -0.0531. The van der Waals surface area contributed by atoms with Gasteiger partial charge in [-0.15, -0.1) is 11.3 Å². The molecule has 1 saturated carbocycles. The zero-order chi connectivity index (χ0) is 11.8. The van der Waals surface area contributed by atoms with Crippen LogP contribution < -0.4 is 5.73 Å². The SMILES string of the molecule is CC(N)c1nc(-c2nc(CC3CC3)no2)cs1. The largest absolute Gasteiger partial charge is 0.332 e. The summed E-state index contributed by atoms with van der Waals surface area (Å²) in [7, 11) is 0. The number of nitrogens with two attached hydrogens (primary N) is 1. The summed E-state index contributed by atoms with van der Waals surface area (Å²) in [6.07, 6.45) is 3.50. The van der Waals surface area contributed by atoms with E-state index in [2.05, 4.69) is 15.1 Å². The van der Waals surface area contributed by atoms with Gasteiger partial charge in [-0.3, -0.25) is 0 Å². The zero-order valence-corrected chi connectivity index (χ0v) is 10.4. The number of rotatable bonds is 4. The van der Waals surface area contributed by atoms with Gasteiger partial charge in [0.2, 0.25) is 0 Å². The third-order valence-corrected chi connectivity index (χ3v) is 3.81. The van der Waals surface area contributed by atoms with Crippen molar-refractivity contribution in [1.82, 2.24) is 15.1 Å². The van der Waals surface area contributed by atoms with Crippen molar-refractivity contribution in [3.63, 3.8) is 0 Å². The smallest absolute Gasteiger partial charge is 0.277 e. The Kier molecular flexibility index (Phi) is 2.68. The van der Waals surface area contributed by atoms with Crippen LogP contribution in [0.1, 0.15) is 36.6 Å². The van der Waals surface area contributed by atoms with Gasteiger partial charge in [0.05, 0.1) is 6.04 Å². The van der Waals surface area contributed by atoms with Crippen LogP contribution in [0, 0.1) is 5.92 Å². The van der Waals surface area contributed by atoms with E-state index in [9.17, 15) is 0 Å². The Balaban J connectivity index is 1.79. The molecule has 2 aromatic rings. The first kappa shape index (κ1) is 10.9. The molecule has 0 aliphatic heterocycles. The summed E-state index contributed by atoms with van der Waals surface area (Å²) in [6, 6.07) is -0.0531. The monoisotopic (exact) mass is 250 g/mol. The fraction of sp³-hybridized carbons (Fsp3) is 0.545. The second-order valence-electron chi connectivity index (χ2n) is 4.52. The second-order valence-corrected chi connectivity index (χ2v) is 5.41. The molecule has 0 spiro atoms.